The molecular weight excluding hydrogens is 309 g/mol. The van der Waals surface area contributed by atoms with Gasteiger partial charge in [0.1, 0.15) is 0 Å². The van der Waals surface area contributed by atoms with Crippen LogP contribution < -0.4 is 5.32 Å². The molecule has 0 unspecified atom stereocenters. The van der Waals surface area contributed by atoms with Crippen molar-refractivity contribution in [1.82, 2.24) is 4.90 Å². The van der Waals surface area contributed by atoms with Gasteiger partial charge in [0.2, 0.25) is 5.91 Å². The number of carbonyl (C=O) groups is 1. The topological polar surface area (TPSA) is 41.6 Å². The van der Waals surface area contributed by atoms with E-state index in [0.717, 1.165) is 25.2 Å². The molecule has 1 aromatic rings. The molecule has 0 aliphatic carbocycles. The van der Waals surface area contributed by atoms with Crippen LogP contribution in [0, 0.1) is 0 Å². The molecule has 0 radical (unpaired) electrons. The van der Waals surface area contributed by atoms with E-state index in [-0.39, 0.29) is 30.2 Å². The lowest BCUT2D eigenvalue weighted by Gasteiger charge is -2.35. The second-order valence-electron chi connectivity index (χ2n) is 5.89. The third kappa shape index (κ3) is 5.51. The first-order chi connectivity index (χ1) is 10.7. The van der Waals surface area contributed by atoms with Crippen molar-refractivity contribution >= 4 is 11.6 Å². The van der Waals surface area contributed by atoms with Crippen LogP contribution in [0.4, 0.5) is 18.9 Å². The molecule has 1 aliphatic rings. The van der Waals surface area contributed by atoms with E-state index in [4.69, 9.17) is 4.74 Å². The number of ether oxygens (including phenoxy) is 1. The molecule has 1 N–H and O–H groups in total. The number of anilines is 1. The molecule has 128 valence electrons. The van der Waals surface area contributed by atoms with Crippen molar-refractivity contribution in [3.05, 3.63) is 29.8 Å². The van der Waals surface area contributed by atoms with Crippen molar-refractivity contribution < 1.29 is 22.7 Å². The maximum atomic E-state index is 12.6. The Bertz CT molecular complexity index is 538. The van der Waals surface area contributed by atoms with Gasteiger partial charge in [-0.3, -0.25) is 9.69 Å². The average Bonchev–Trinajstić information content (AvgIpc) is 2.43. The van der Waals surface area contributed by atoms with Gasteiger partial charge < -0.3 is 10.1 Å². The number of nitrogens with zero attached hydrogens (tertiary/aromatic N) is 1. The van der Waals surface area contributed by atoms with Crippen LogP contribution in [0.2, 0.25) is 0 Å². The van der Waals surface area contributed by atoms with Gasteiger partial charge in [-0.1, -0.05) is 6.07 Å². The number of nitrogens with one attached hydrogen (secondary N) is 1. The highest BCUT2D eigenvalue weighted by Gasteiger charge is 2.30. The smallest absolute Gasteiger partial charge is 0.373 e. The standard InChI is InChI=1S/C16H21F3N2O2/c1-11-9-21(10-12(2)23-11)7-6-15(22)20-14-5-3-4-13(8-14)16(17,18)19/h3-5,8,11-12H,6-7,9-10H2,1-2H3,(H,20,22)/t11-,12+. The van der Waals surface area contributed by atoms with Crippen LogP contribution in [-0.4, -0.2) is 42.6 Å². The summed E-state index contributed by atoms with van der Waals surface area (Å²) in [5, 5.41) is 2.52. The minimum absolute atomic E-state index is 0.116. The Balaban J connectivity index is 1.85. The van der Waals surface area contributed by atoms with E-state index in [1.54, 1.807) is 0 Å². The highest BCUT2D eigenvalue weighted by Crippen LogP contribution is 2.30. The Morgan fingerprint density at radius 3 is 2.57 bits per heavy atom. The highest BCUT2D eigenvalue weighted by molar-refractivity contribution is 5.90. The Kier molecular flexibility index (Phi) is 5.64. The number of alkyl halides is 3. The van der Waals surface area contributed by atoms with Crippen molar-refractivity contribution in [3.63, 3.8) is 0 Å². The summed E-state index contributed by atoms with van der Waals surface area (Å²) in [5.74, 6) is -0.295. The summed E-state index contributed by atoms with van der Waals surface area (Å²) in [7, 11) is 0. The molecule has 0 saturated carbocycles. The third-order valence-electron chi connectivity index (χ3n) is 3.62. The van der Waals surface area contributed by atoms with Crippen LogP contribution in [0.1, 0.15) is 25.8 Å². The van der Waals surface area contributed by atoms with E-state index in [1.807, 2.05) is 13.8 Å². The Hall–Kier alpha value is -1.60. The predicted octanol–water partition coefficient (Wildman–Crippen LogP) is 3.14. The number of hydrogen-bond donors (Lipinski definition) is 1. The maximum absolute atomic E-state index is 12.6. The molecule has 1 saturated heterocycles. The zero-order valence-electron chi connectivity index (χ0n) is 13.2. The van der Waals surface area contributed by atoms with Gasteiger partial charge in [0.05, 0.1) is 17.8 Å². The number of carbonyl (C=O) groups excluding carboxylic acids is 1. The van der Waals surface area contributed by atoms with Crippen LogP contribution in [-0.2, 0) is 15.7 Å². The Labute approximate surface area is 133 Å². The number of amides is 1. The molecule has 2 rings (SSSR count). The summed E-state index contributed by atoms with van der Waals surface area (Å²) in [6.07, 6.45) is -3.95. The van der Waals surface area contributed by atoms with Crippen molar-refractivity contribution in [2.24, 2.45) is 0 Å². The Morgan fingerprint density at radius 1 is 1.30 bits per heavy atom. The molecule has 2 atom stereocenters. The molecule has 0 bridgehead atoms. The molecule has 23 heavy (non-hydrogen) atoms. The summed E-state index contributed by atoms with van der Waals surface area (Å²) in [4.78, 5) is 14.1. The molecule has 1 amide bonds. The second-order valence-corrected chi connectivity index (χ2v) is 5.89. The normalized spacial score (nSPS) is 22.8. The summed E-state index contributed by atoms with van der Waals surface area (Å²) in [5.41, 5.74) is -0.611. The molecule has 1 aliphatic heterocycles. The van der Waals surface area contributed by atoms with E-state index < -0.39 is 11.7 Å². The maximum Gasteiger partial charge on any atom is 0.416 e. The van der Waals surface area contributed by atoms with E-state index in [9.17, 15) is 18.0 Å². The summed E-state index contributed by atoms with van der Waals surface area (Å²) in [6, 6.07) is 4.65. The van der Waals surface area contributed by atoms with E-state index in [1.165, 1.54) is 12.1 Å². The number of hydrogen-bond acceptors (Lipinski definition) is 3. The largest absolute Gasteiger partial charge is 0.416 e. The molecule has 0 aromatic heterocycles. The zero-order valence-corrected chi connectivity index (χ0v) is 13.2. The fourth-order valence-electron chi connectivity index (χ4n) is 2.72. The van der Waals surface area contributed by atoms with Gasteiger partial charge in [0.15, 0.2) is 0 Å². The van der Waals surface area contributed by atoms with Crippen LogP contribution in [0.25, 0.3) is 0 Å². The van der Waals surface area contributed by atoms with E-state index in [2.05, 4.69) is 10.2 Å². The molecule has 0 spiro atoms. The monoisotopic (exact) mass is 330 g/mol. The number of halogens is 3. The van der Waals surface area contributed by atoms with Gasteiger partial charge in [0.25, 0.3) is 0 Å². The molecule has 1 fully saturated rings. The molecule has 1 heterocycles. The van der Waals surface area contributed by atoms with Crippen molar-refractivity contribution in [1.29, 1.82) is 0 Å². The van der Waals surface area contributed by atoms with Crippen LogP contribution in [0.5, 0.6) is 0 Å². The average molecular weight is 330 g/mol. The van der Waals surface area contributed by atoms with Crippen molar-refractivity contribution in [3.8, 4) is 0 Å². The zero-order chi connectivity index (χ0) is 17.0. The van der Waals surface area contributed by atoms with Gasteiger partial charge in [0, 0.05) is 31.7 Å². The number of morpholine rings is 1. The van der Waals surface area contributed by atoms with E-state index >= 15 is 0 Å². The van der Waals surface area contributed by atoms with Gasteiger partial charge in [-0.2, -0.15) is 13.2 Å². The summed E-state index contributed by atoms with van der Waals surface area (Å²) >= 11 is 0. The fraction of sp³-hybridized carbons (Fsp3) is 0.562. The lowest BCUT2D eigenvalue weighted by Crippen LogP contribution is -2.46. The summed E-state index contributed by atoms with van der Waals surface area (Å²) in [6.45, 7) is 6.02. The quantitative estimate of drug-likeness (QED) is 0.922. The van der Waals surface area contributed by atoms with Gasteiger partial charge >= 0.3 is 6.18 Å². The van der Waals surface area contributed by atoms with Crippen LogP contribution in [0.15, 0.2) is 24.3 Å². The third-order valence-corrected chi connectivity index (χ3v) is 3.62. The van der Waals surface area contributed by atoms with Gasteiger partial charge in [-0.15, -0.1) is 0 Å². The lowest BCUT2D eigenvalue weighted by molar-refractivity contribution is -0.137. The van der Waals surface area contributed by atoms with E-state index in [0.29, 0.717) is 6.54 Å². The molecule has 1 aromatic carbocycles. The van der Waals surface area contributed by atoms with Crippen molar-refractivity contribution in [2.75, 3.05) is 25.0 Å². The summed E-state index contributed by atoms with van der Waals surface area (Å²) < 4.78 is 43.5. The van der Waals surface area contributed by atoms with Crippen LogP contribution >= 0.6 is 0 Å². The van der Waals surface area contributed by atoms with Gasteiger partial charge in [-0.05, 0) is 32.0 Å². The molecule has 4 nitrogen and oxygen atoms in total. The first-order valence-electron chi connectivity index (χ1n) is 7.59. The minimum Gasteiger partial charge on any atom is -0.373 e. The lowest BCUT2D eigenvalue weighted by atomic mass is 10.2. The van der Waals surface area contributed by atoms with Gasteiger partial charge in [-0.25, -0.2) is 0 Å². The second kappa shape index (κ2) is 7.31. The predicted molar refractivity (Wildman–Crippen MR) is 81.1 cm³/mol. The molecular formula is C16H21F3N2O2. The Morgan fingerprint density at radius 2 is 1.96 bits per heavy atom. The SMILES string of the molecule is C[C@@H]1CN(CCC(=O)Nc2cccc(C(F)(F)F)c2)C[C@H](C)O1. The number of benzene rings is 1. The first-order valence-corrected chi connectivity index (χ1v) is 7.59. The van der Waals surface area contributed by atoms with Crippen LogP contribution in [0.3, 0.4) is 0 Å². The molecule has 7 heteroatoms. The number of rotatable bonds is 4. The highest BCUT2D eigenvalue weighted by atomic mass is 19.4. The van der Waals surface area contributed by atoms with Crippen molar-refractivity contribution in [2.45, 2.75) is 38.7 Å². The fourth-order valence-corrected chi connectivity index (χ4v) is 2.72. The first kappa shape index (κ1) is 17.7. The minimum atomic E-state index is -4.42.